The number of rotatable bonds is 7. The summed E-state index contributed by atoms with van der Waals surface area (Å²) in [7, 11) is 4.11. The number of nitrogens with zero attached hydrogens (tertiary/aromatic N) is 4. The lowest BCUT2D eigenvalue weighted by molar-refractivity contribution is 0.407. The van der Waals surface area contributed by atoms with Gasteiger partial charge >= 0.3 is 0 Å². The van der Waals surface area contributed by atoms with Crippen LogP contribution in [0.5, 0.6) is 0 Å². The first-order valence-electron chi connectivity index (χ1n) is 6.42. The van der Waals surface area contributed by atoms with E-state index in [2.05, 4.69) is 47.7 Å². The Morgan fingerprint density at radius 3 is 2.58 bits per heavy atom. The van der Waals surface area contributed by atoms with Crippen molar-refractivity contribution in [2.75, 3.05) is 38.6 Å². The van der Waals surface area contributed by atoms with E-state index in [-0.39, 0.29) is 0 Å². The number of thiocarbonyl (C=S) groups is 1. The summed E-state index contributed by atoms with van der Waals surface area (Å²) in [5.74, 6) is 1.24. The molecule has 0 aliphatic rings. The third kappa shape index (κ3) is 5.48. The number of anilines is 1. The Morgan fingerprint density at radius 1 is 1.37 bits per heavy atom. The second kappa shape index (κ2) is 7.35. The van der Waals surface area contributed by atoms with Crippen LogP contribution >= 0.6 is 12.2 Å². The lowest BCUT2D eigenvalue weighted by Crippen LogP contribution is -2.35. The van der Waals surface area contributed by atoms with E-state index in [1.54, 1.807) is 12.3 Å². The SMILES string of the molecule is CC(C)CN(CCN(C)C)c1nccc(C(N)=S)n1. The predicted molar refractivity (Wildman–Crippen MR) is 83.5 cm³/mol. The highest BCUT2D eigenvalue weighted by Crippen LogP contribution is 2.10. The van der Waals surface area contributed by atoms with Crippen LogP contribution < -0.4 is 10.6 Å². The third-order valence-electron chi connectivity index (χ3n) is 2.58. The van der Waals surface area contributed by atoms with E-state index in [0.29, 0.717) is 22.5 Å². The standard InChI is InChI=1S/C13H23N5S/c1-10(2)9-18(8-7-17(3)4)13-15-6-5-11(16-13)12(14)19/h5-6,10H,7-9H2,1-4H3,(H2,14,19). The summed E-state index contributed by atoms with van der Waals surface area (Å²) in [5.41, 5.74) is 6.24. The van der Waals surface area contributed by atoms with Gasteiger partial charge in [0.05, 0.1) is 0 Å². The maximum Gasteiger partial charge on any atom is 0.225 e. The summed E-state index contributed by atoms with van der Waals surface area (Å²) in [6, 6.07) is 1.74. The van der Waals surface area contributed by atoms with E-state index in [0.717, 1.165) is 19.6 Å². The molecule has 1 rings (SSSR count). The summed E-state index contributed by atoms with van der Waals surface area (Å²) >= 11 is 4.96. The molecule has 0 aromatic carbocycles. The Labute approximate surface area is 120 Å². The van der Waals surface area contributed by atoms with Crippen LogP contribution in [-0.4, -0.2) is 53.6 Å². The van der Waals surface area contributed by atoms with Crippen molar-refractivity contribution in [2.24, 2.45) is 11.7 Å². The van der Waals surface area contributed by atoms with Gasteiger partial charge in [-0.3, -0.25) is 0 Å². The van der Waals surface area contributed by atoms with E-state index >= 15 is 0 Å². The van der Waals surface area contributed by atoms with Crippen LogP contribution in [0.3, 0.4) is 0 Å². The van der Waals surface area contributed by atoms with Gasteiger partial charge in [-0.15, -0.1) is 0 Å². The predicted octanol–water partition coefficient (Wildman–Crippen LogP) is 1.13. The topological polar surface area (TPSA) is 58.3 Å². The number of hydrogen-bond donors (Lipinski definition) is 1. The zero-order chi connectivity index (χ0) is 14.4. The summed E-state index contributed by atoms with van der Waals surface area (Å²) in [6.45, 7) is 7.11. The van der Waals surface area contributed by atoms with Gasteiger partial charge in [0, 0.05) is 25.8 Å². The molecule has 0 unspecified atom stereocenters. The molecule has 0 aliphatic heterocycles. The monoisotopic (exact) mass is 281 g/mol. The molecule has 1 aromatic rings. The van der Waals surface area contributed by atoms with Crippen LogP contribution in [-0.2, 0) is 0 Å². The number of nitrogens with two attached hydrogens (primary N) is 1. The van der Waals surface area contributed by atoms with Gasteiger partial charge in [0.25, 0.3) is 0 Å². The van der Waals surface area contributed by atoms with Gasteiger partial charge in [-0.1, -0.05) is 26.1 Å². The molecule has 1 aromatic heterocycles. The first-order chi connectivity index (χ1) is 8.90. The van der Waals surface area contributed by atoms with Crippen molar-refractivity contribution in [3.63, 3.8) is 0 Å². The van der Waals surface area contributed by atoms with Crippen LogP contribution in [0.25, 0.3) is 0 Å². The molecule has 0 aliphatic carbocycles. The van der Waals surface area contributed by atoms with E-state index in [4.69, 9.17) is 18.0 Å². The van der Waals surface area contributed by atoms with E-state index < -0.39 is 0 Å². The molecule has 0 saturated carbocycles. The molecule has 106 valence electrons. The summed E-state index contributed by atoms with van der Waals surface area (Å²) in [4.78, 5) is 13.4. The van der Waals surface area contributed by atoms with Gasteiger partial charge in [0.1, 0.15) is 10.7 Å². The summed E-state index contributed by atoms with van der Waals surface area (Å²) in [5, 5.41) is 0. The Balaban J connectivity index is 2.89. The Hall–Kier alpha value is -1.27. The summed E-state index contributed by atoms with van der Waals surface area (Å²) in [6.07, 6.45) is 1.71. The van der Waals surface area contributed by atoms with Crippen molar-refractivity contribution < 1.29 is 0 Å². The van der Waals surface area contributed by atoms with Gasteiger partial charge in [0.2, 0.25) is 5.95 Å². The maximum atomic E-state index is 5.62. The number of likely N-dealkylation sites (N-methyl/N-ethyl adjacent to an activating group) is 1. The first kappa shape index (κ1) is 15.8. The van der Waals surface area contributed by atoms with Crippen molar-refractivity contribution >= 4 is 23.2 Å². The smallest absolute Gasteiger partial charge is 0.225 e. The quantitative estimate of drug-likeness (QED) is 0.756. The Kier molecular flexibility index (Phi) is 6.11. The summed E-state index contributed by atoms with van der Waals surface area (Å²) < 4.78 is 0. The van der Waals surface area contributed by atoms with Crippen LogP contribution in [0.4, 0.5) is 5.95 Å². The van der Waals surface area contributed by atoms with E-state index in [1.165, 1.54) is 0 Å². The van der Waals surface area contributed by atoms with Gasteiger partial charge in [-0.05, 0) is 26.1 Å². The van der Waals surface area contributed by atoms with Crippen LogP contribution in [0.15, 0.2) is 12.3 Å². The van der Waals surface area contributed by atoms with Crippen molar-refractivity contribution in [2.45, 2.75) is 13.8 Å². The van der Waals surface area contributed by atoms with Crippen LogP contribution in [0.1, 0.15) is 19.5 Å². The largest absolute Gasteiger partial charge is 0.388 e. The fraction of sp³-hybridized carbons (Fsp3) is 0.615. The van der Waals surface area contributed by atoms with Crippen LogP contribution in [0.2, 0.25) is 0 Å². The van der Waals surface area contributed by atoms with Crippen molar-refractivity contribution in [3.8, 4) is 0 Å². The van der Waals surface area contributed by atoms with E-state index in [1.807, 2.05) is 0 Å². The lowest BCUT2D eigenvalue weighted by atomic mass is 10.2. The maximum absolute atomic E-state index is 5.62. The molecular weight excluding hydrogens is 258 g/mol. The molecule has 6 heteroatoms. The second-order valence-electron chi connectivity index (χ2n) is 5.25. The van der Waals surface area contributed by atoms with Gasteiger partial charge in [-0.2, -0.15) is 0 Å². The normalized spacial score (nSPS) is 11.1. The molecule has 0 amide bonds. The molecule has 5 nitrogen and oxygen atoms in total. The van der Waals surface area contributed by atoms with Gasteiger partial charge < -0.3 is 15.5 Å². The van der Waals surface area contributed by atoms with Crippen molar-refractivity contribution in [3.05, 3.63) is 18.0 Å². The van der Waals surface area contributed by atoms with Crippen molar-refractivity contribution in [1.29, 1.82) is 0 Å². The molecule has 2 N–H and O–H groups in total. The average molecular weight is 281 g/mol. The molecule has 0 spiro atoms. The van der Waals surface area contributed by atoms with Crippen LogP contribution in [0, 0.1) is 5.92 Å². The highest BCUT2D eigenvalue weighted by molar-refractivity contribution is 7.80. The second-order valence-corrected chi connectivity index (χ2v) is 5.69. The minimum absolute atomic E-state index is 0.306. The third-order valence-corrected chi connectivity index (χ3v) is 2.79. The molecule has 0 saturated heterocycles. The van der Waals surface area contributed by atoms with Gasteiger partial charge in [-0.25, -0.2) is 9.97 Å². The Morgan fingerprint density at radius 2 is 2.05 bits per heavy atom. The highest BCUT2D eigenvalue weighted by Gasteiger charge is 2.12. The zero-order valence-corrected chi connectivity index (χ0v) is 12.9. The molecule has 0 radical (unpaired) electrons. The molecule has 0 fully saturated rings. The highest BCUT2D eigenvalue weighted by atomic mass is 32.1. The Bertz CT molecular complexity index is 419. The molecule has 1 heterocycles. The van der Waals surface area contributed by atoms with E-state index in [9.17, 15) is 0 Å². The fourth-order valence-electron chi connectivity index (χ4n) is 1.67. The molecule has 0 bridgehead atoms. The molecular formula is C13H23N5S. The minimum Gasteiger partial charge on any atom is -0.388 e. The number of hydrogen-bond acceptors (Lipinski definition) is 5. The zero-order valence-electron chi connectivity index (χ0n) is 12.1. The lowest BCUT2D eigenvalue weighted by Gasteiger charge is -2.26. The first-order valence-corrected chi connectivity index (χ1v) is 6.83. The van der Waals surface area contributed by atoms with Gasteiger partial charge in [0.15, 0.2) is 0 Å². The van der Waals surface area contributed by atoms with Crippen molar-refractivity contribution in [1.82, 2.24) is 14.9 Å². The molecule has 19 heavy (non-hydrogen) atoms. The fourth-order valence-corrected chi connectivity index (χ4v) is 1.79. The number of aromatic nitrogens is 2. The molecule has 0 atom stereocenters. The minimum atomic E-state index is 0.306. The average Bonchev–Trinajstić information content (AvgIpc) is 2.34.